The number of benzene rings is 1. The van der Waals surface area contributed by atoms with Crippen LogP contribution in [0.2, 0.25) is 0 Å². The molecule has 1 aliphatic heterocycles. The van der Waals surface area contributed by atoms with Gasteiger partial charge >= 0.3 is 0 Å². The summed E-state index contributed by atoms with van der Waals surface area (Å²) in [6.07, 6.45) is 0. The normalized spacial score (nSPS) is 23.2. The first-order valence-electron chi connectivity index (χ1n) is 8.56. The van der Waals surface area contributed by atoms with Crippen LogP contribution in [0.1, 0.15) is 38.2 Å². The summed E-state index contributed by atoms with van der Waals surface area (Å²) < 4.78 is 15.3. The molecule has 0 amide bonds. The molecule has 7 heteroatoms. The summed E-state index contributed by atoms with van der Waals surface area (Å²) in [5.74, 6) is 0.634. The van der Waals surface area contributed by atoms with Crippen LogP contribution in [0.5, 0.6) is 0 Å². The topological polar surface area (TPSA) is 52.5 Å². The van der Waals surface area contributed by atoms with Crippen molar-refractivity contribution in [1.29, 1.82) is 0 Å². The van der Waals surface area contributed by atoms with E-state index in [1.807, 2.05) is 16.8 Å². The van der Waals surface area contributed by atoms with Gasteiger partial charge in [-0.1, -0.05) is 0 Å². The highest BCUT2D eigenvalue weighted by Gasteiger charge is 2.36. The lowest BCUT2D eigenvalue weighted by molar-refractivity contribution is -1.02. The number of rotatable bonds is 3. The second kappa shape index (κ2) is 6.57. The Balaban J connectivity index is 2.02. The summed E-state index contributed by atoms with van der Waals surface area (Å²) in [5.41, 5.74) is 0.861. The molecule has 0 bridgehead atoms. The number of piperazine rings is 1. The van der Waals surface area contributed by atoms with E-state index in [4.69, 9.17) is 0 Å². The molecule has 0 spiro atoms. The molecule has 0 radical (unpaired) electrons. The van der Waals surface area contributed by atoms with Crippen molar-refractivity contribution in [3.8, 4) is 0 Å². The number of nitrogens with one attached hydrogen (secondary N) is 2. The van der Waals surface area contributed by atoms with E-state index in [0.29, 0.717) is 0 Å². The van der Waals surface area contributed by atoms with Gasteiger partial charge in [-0.3, -0.25) is 0 Å². The minimum Gasteiger partial charge on any atom is -0.328 e. The van der Waals surface area contributed by atoms with Crippen molar-refractivity contribution in [3.05, 3.63) is 41.5 Å². The SMILES string of the molecule is C[NH+]1CC[NH+]([C@@H](c2ccc(F)cc2)c2nnnn2C(C)(C)C)CC1. The van der Waals surface area contributed by atoms with Gasteiger partial charge in [0.15, 0.2) is 6.04 Å². The van der Waals surface area contributed by atoms with E-state index >= 15 is 0 Å². The van der Waals surface area contributed by atoms with Crippen LogP contribution in [-0.4, -0.2) is 53.4 Å². The first kappa shape index (κ1) is 17.0. The smallest absolute Gasteiger partial charge is 0.214 e. The lowest BCUT2D eigenvalue weighted by Crippen LogP contribution is -3.27. The van der Waals surface area contributed by atoms with Gasteiger partial charge in [-0.25, -0.2) is 9.07 Å². The van der Waals surface area contributed by atoms with E-state index in [1.54, 1.807) is 4.90 Å². The molecule has 0 saturated carbocycles. The van der Waals surface area contributed by atoms with Gasteiger partial charge in [0.05, 0.1) is 12.6 Å². The van der Waals surface area contributed by atoms with Crippen LogP contribution in [0.4, 0.5) is 4.39 Å². The van der Waals surface area contributed by atoms with Crippen molar-refractivity contribution in [1.82, 2.24) is 20.2 Å². The quantitative estimate of drug-likeness (QED) is 0.763. The average molecular weight is 334 g/mol. The van der Waals surface area contributed by atoms with Crippen molar-refractivity contribution in [2.75, 3.05) is 33.2 Å². The zero-order valence-electron chi connectivity index (χ0n) is 14.9. The molecule has 24 heavy (non-hydrogen) atoms. The van der Waals surface area contributed by atoms with Gasteiger partial charge in [-0.2, -0.15) is 0 Å². The lowest BCUT2D eigenvalue weighted by atomic mass is 10.0. The van der Waals surface area contributed by atoms with Crippen molar-refractivity contribution < 1.29 is 14.2 Å². The summed E-state index contributed by atoms with van der Waals surface area (Å²) in [6.45, 7) is 10.6. The van der Waals surface area contributed by atoms with Gasteiger partial charge in [0, 0.05) is 5.56 Å². The van der Waals surface area contributed by atoms with Crippen molar-refractivity contribution in [2.45, 2.75) is 32.4 Å². The molecule has 1 fully saturated rings. The largest absolute Gasteiger partial charge is 0.328 e. The van der Waals surface area contributed by atoms with Crippen LogP contribution in [-0.2, 0) is 5.54 Å². The number of tetrazole rings is 1. The zero-order valence-corrected chi connectivity index (χ0v) is 14.9. The Hall–Kier alpha value is -1.86. The molecule has 6 nitrogen and oxygen atoms in total. The van der Waals surface area contributed by atoms with E-state index in [1.165, 1.54) is 17.0 Å². The van der Waals surface area contributed by atoms with E-state index < -0.39 is 0 Å². The van der Waals surface area contributed by atoms with E-state index in [9.17, 15) is 4.39 Å². The Morgan fingerprint density at radius 1 is 1.08 bits per heavy atom. The molecule has 1 aliphatic rings. The number of likely N-dealkylation sites (N-methyl/N-ethyl adjacent to an activating group) is 1. The summed E-state index contributed by atoms with van der Waals surface area (Å²) in [5, 5.41) is 12.5. The third-order valence-electron chi connectivity index (χ3n) is 4.74. The maximum atomic E-state index is 13.4. The first-order valence-corrected chi connectivity index (χ1v) is 8.56. The van der Waals surface area contributed by atoms with Gasteiger partial charge in [-0.05, 0) is 55.5 Å². The highest BCUT2D eigenvalue weighted by Crippen LogP contribution is 2.22. The van der Waals surface area contributed by atoms with Gasteiger partial charge in [-0.15, -0.1) is 5.10 Å². The summed E-state index contributed by atoms with van der Waals surface area (Å²) in [6, 6.07) is 6.79. The monoisotopic (exact) mass is 334 g/mol. The molecule has 1 saturated heterocycles. The van der Waals surface area contributed by atoms with Gasteiger partial charge in [0.1, 0.15) is 32.0 Å². The lowest BCUT2D eigenvalue weighted by Gasteiger charge is -2.34. The van der Waals surface area contributed by atoms with Gasteiger partial charge in [0.2, 0.25) is 5.82 Å². The molecule has 3 rings (SSSR count). The number of hydrogen-bond donors (Lipinski definition) is 2. The molecule has 2 N–H and O–H groups in total. The van der Waals surface area contributed by atoms with E-state index in [2.05, 4.69) is 43.3 Å². The fourth-order valence-corrected chi connectivity index (χ4v) is 3.36. The Kier molecular flexibility index (Phi) is 4.64. The molecular weight excluding hydrogens is 307 g/mol. The maximum Gasteiger partial charge on any atom is 0.214 e. The summed E-state index contributed by atoms with van der Waals surface area (Å²) >= 11 is 0. The zero-order chi connectivity index (χ0) is 17.3. The Morgan fingerprint density at radius 2 is 1.71 bits per heavy atom. The summed E-state index contributed by atoms with van der Waals surface area (Å²) in [4.78, 5) is 2.99. The van der Waals surface area contributed by atoms with Crippen LogP contribution in [0.15, 0.2) is 24.3 Å². The predicted molar refractivity (Wildman–Crippen MR) is 88.4 cm³/mol. The van der Waals surface area contributed by atoms with Crippen LogP contribution >= 0.6 is 0 Å². The number of nitrogens with zero attached hydrogens (tertiary/aromatic N) is 4. The van der Waals surface area contributed by atoms with Crippen LogP contribution in [0, 0.1) is 5.82 Å². The predicted octanol–water partition coefficient (Wildman–Crippen LogP) is -0.930. The number of quaternary nitrogens is 2. The maximum absolute atomic E-state index is 13.4. The molecule has 2 heterocycles. The van der Waals surface area contributed by atoms with Crippen LogP contribution < -0.4 is 9.80 Å². The molecule has 1 atom stereocenters. The van der Waals surface area contributed by atoms with Crippen molar-refractivity contribution >= 4 is 0 Å². The van der Waals surface area contributed by atoms with E-state index in [-0.39, 0.29) is 17.4 Å². The van der Waals surface area contributed by atoms with Crippen LogP contribution in [0.25, 0.3) is 0 Å². The van der Waals surface area contributed by atoms with E-state index in [0.717, 1.165) is 37.6 Å². The first-order chi connectivity index (χ1) is 11.4. The third kappa shape index (κ3) is 3.47. The molecule has 0 unspecified atom stereocenters. The fraction of sp³-hybridized carbons (Fsp3) is 0.588. The Labute approximate surface area is 142 Å². The Bertz CT molecular complexity index is 667. The molecule has 0 aliphatic carbocycles. The Morgan fingerprint density at radius 3 is 2.29 bits per heavy atom. The summed E-state index contributed by atoms with van der Waals surface area (Å²) in [7, 11) is 2.23. The number of aromatic nitrogens is 4. The van der Waals surface area contributed by atoms with Crippen molar-refractivity contribution in [2.24, 2.45) is 0 Å². The minimum atomic E-state index is -0.217. The molecule has 2 aromatic rings. The molecule has 1 aromatic heterocycles. The molecule has 130 valence electrons. The highest BCUT2D eigenvalue weighted by atomic mass is 19.1. The molecule has 1 aromatic carbocycles. The van der Waals surface area contributed by atoms with Crippen LogP contribution in [0.3, 0.4) is 0 Å². The van der Waals surface area contributed by atoms with Gasteiger partial charge < -0.3 is 9.80 Å². The highest BCUT2D eigenvalue weighted by molar-refractivity contribution is 5.23. The average Bonchev–Trinajstić information content (AvgIpc) is 3.01. The third-order valence-corrected chi connectivity index (χ3v) is 4.74. The van der Waals surface area contributed by atoms with Crippen molar-refractivity contribution in [3.63, 3.8) is 0 Å². The number of hydrogen-bond acceptors (Lipinski definition) is 3. The van der Waals surface area contributed by atoms with Gasteiger partial charge in [0.25, 0.3) is 0 Å². The molecular formula is C17H27FN6+2. The standard InChI is InChI=1S/C17H25FN6/c1-17(2,3)24-16(19-20-21-24)15(13-5-7-14(18)8-6-13)23-11-9-22(4)10-12-23/h5-8,15H,9-12H2,1-4H3/p+2/t15-/m0/s1. The second-order valence-corrected chi connectivity index (χ2v) is 7.72. The minimum absolute atomic E-state index is 0.0212. The number of halogens is 1. The fourth-order valence-electron chi connectivity index (χ4n) is 3.36. The second-order valence-electron chi connectivity index (χ2n) is 7.72.